The lowest BCUT2D eigenvalue weighted by molar-refractivity contribution is 0.0692. The van der Waals surface area contributed by atoms with Gasteiger partial charge in [0.2, 0.25) is 5.88 Å². The van der Waals surface area contributed by atoms with Crippen molar-refractivity contribution in [2.24, 2.45) is 0 Å². The molecule has 0 saturated carbocycles. The quantitative estimate of drug-likeness (QED) is 0.905. The molecule has 0 saturated heterocycles. The number of aromatic nitrogens is 1. The van der Waals surface area contributed by atoms with Crippen molar-refractivity contribution in [2.45, 2.75) is 0 Å². The number of ether oxygens (including phenoxy) is 1. The molecule has 18 heavy (non-hydrogen) atoms. The molecule has 1 heterocycles. The van der Waals surface area contributed by atoms with Crippen LogP contribution in [0.25, 0.3) is 11.1 Å². The van der Waals surface area contributed by atoms with E-state index in [1.807, 2.05) is 0 Å². The number of carboxylic acids is 1. The molecule has 0 unspecified atom stereocenters. The first-order chi connectivity index (χ1) is 8.61. The molecule has 4 nitrogen and oxygen atoms in total. The normalized spacial score (nSPS) is 10.1. The van der Waals surface area contributed by atoms with Crippen molar-refractivity contribution in [2.75, 3.05) is 7.11 Å². The van der Waals surface area contributed by atoms with E-state index in [0.717, 1.165) is 6.07 Å². The SMILES string of the molecule is COc1ccc(-c2ccc(F)c(C(=O)O)c2)cn1. The summed E-state index contributed by atoms with van der Waals surface area (Å²) in [5.41, 5.74) is 0.922. The number of nitrogens with zero attached hydrogens (tertiary/aromatic N) is 1. The van der Waals surface area contributed by atoms with E-state index in [9.17, 15) is 9.18 Å². The van der Waals surface area contributed by atoms with Crippen LogP contribution in [0.1, 0.15) is 10.4 Å². The van der Waals surface area contributed by atoms with E-state index in [4.69, 9.17) is 9.84 Å². The van der Waals surface area contributed by atoms with Gasteiger partial charge < -0.3 is 9.84 Å². The monoisotopic (exact) mass is 247 g/mol. The van der Waals surface area contributed by atoms with E-state index < -0.39 is 11.8 Å². The predicted molar refractivity (Wildman–Crippen MR) is 63.1 cm³/mol. The van der Waals surface area contributed by atoms with Crippen LogP contribution in [0.15, 0.2) is 36.5 Å². The average Bonchev–Trinajstić information content (AvgIpc) is 2.39. The van der Waals surface area contributed by atoms with Gasteiger partial charge in [-0.3, -0.25) is 0 Å². The fourth-order valence-corrected chi connectivity index (χ4v) is 1.54. The van der Waals surface area contributed by atoms with Crippen LogP contribution >= 0.6 is 0 Å². The fourth-order valence-electron chi connectivity index (χ4n) is 1.54. The van der Waals surface area contributed by atoms with Gasteiger partial charge in [-0.25, -0.2) is 14.2 Å². The molecule has 92 valence electrons. The maximum absolute atomic E-state index is 13.2. The van der Waals surface area contributed by atoms with Gasteiger partial charge >= 0.3 is 5.97 Å². The highest BCUT2D eigenvalue weighted by Gasteiger charge is 2.11. The zero-order valence-electron chi connectivity index (χ0n) is 9.55. The zero-order chi connectivity index (χ0) is 13.1. The van der Waals surface area contributed by atoms with E-state index in [1.54, 1.807) is 12.1 Å². The van der Waals surface area contributed by atoms with Crippen molar-refractivity contribution in [1.82, 2.24) is 4.98 Å². The largest absolute Gasteiger partial charge is 0.481 e. The number of carboxylic acid groups (broad SMARTS) is 1. The van der Waals surface area contributed by atoms with E-state index in [0.29, 0.717) is 17.0 Å². The van der Waals surface area contributed by atoms with Crippen LogP contribution < -0.4 is 4.74 Å². The van der Waals surface area contributed by atoms with Crippen LogP contribution in [0.2, 0.25) is 0 Å². The molecule has 0 atom stereocenters. The molecular formula is C13H10FNO3. The Hall–Kier alpha value is -2.43. The lowest BCUT2D eigenvalue weighted by Gasteiger charge is -2.05. The Kier molecular flexibility index (Phi) is 3.23. The molecule has 0 radical (unpaired) electrons. The topological polar surface area (TPSA) is 59.4 Å². The number of halogens is 1. The van der Waals surface area contributed by atoms with Gasteiger partial charge in [0.1, 0.15) is 5.82 Å². The van der Waals surface area contributed by atoms with Gasteiger partial charge in [0.05, 0.1) is 12.7 Å². The molecule has 1 N–H and O–H groups in total. The number of rotatable bonds is 3. The lowest BCUT2D eigenvalue weighted by Crippen LogP contribution is -2.00. The highest BCUT2D eigenvalue weighted by Crippen LogP contribution is 2.22. The molecule has 0 bridgehead atoms. The highest BCUT2D eigenvalue weighted by molar-refractivity contribution is 5.89. The third-order valence-corrected chi connectivity index (χ3v) is 2.48. The molecule has 0 spiro atoms. The van der Waals surface area contributed by atoms with Gasteiger partial charge in [-0.1, -0.05) is 6.07 Å². The fraction of sp³-hybridized carbons (Fsp3) is 0.0769. The van der Waals surface area contributed by atoms with Crippen molar-refractivity contribution in [3.8, 4) is 17.0 Å². The number of benzene rings is 1. The summed E-state index contributed by atoms with van der Waals surface area (Å²) in [7, 11) is 1.50. The molecule has 0 amide bonds. The summed E-state index contributed by atoms with van der Waals surface area (Å²) in [6, 6.07) is 7.29. The maximum atomic E-state index is 13.2. The number of methoxy groups -OCH3 is 1. The van der Waals surface area contributed by atoms with Crippen LogP contribution in [-0.4, -0.2) is 23.2 Å². The molecule has 1 aromatic carbocycles. The number of pyridine rings is 1. The minimum atomic E-state index is -1.30. The molecular weight excluding hydrogens is 237 g/mol. The van der Waals surface area contributed by atoms with Crippen LogP contribution in [0.3, 0.4) is 0 Å². The van der Waals surface area contributed by atoms with E-state index >= 15 is 0 Å². The molecule has 0 aliphatic carbocycles. The second-order valence-corrected chi connectivity index (χ2v) is 3.59. The number of hydrogen-bond acceptors (Lipinski definition) is 3. The Morgan fingerprint density at radius 3 is 2.56 bits per heavy atom. The Morgan fingerprint density at radius 2 is 2.00 bits per heavy atom. The minimum Gasteiger partial charge on any atom is -0.481 e. The molecule has 2 rings (SSSR count). The Labute approximate surface area is 103 Å². The summed E-state index contributed by atoms with van der Waals surface area (Å²) in [6.45, 7) is 0. The van der Waals surface area contributed by atoms with Crippen LogP contribution in [0, 0.1) is 5.82 Å². The summed E-state index contributed by atoms with van der Waals surface area (Å²) in [4.78, 5) is 14.8. The van der Waals surface area contributed by atoms with E-state index in [1.165, 1.54) is 25.4 Å². The summed E-state index contributed by atoms with van der Waals surface area (Å²) in [6.07, 6.45) is 1.54. The lowest BCUT2D eigenvalue weighted by atomic mass is 10.0. The van der Waals surface area contributed by atoms with Crippen LogP contribution in [0.4, 0.5) is 4.39 Å². The molecule has 0 aliphatic rings. The van der Waals surface area contributed by atoms with Crippen LogP contribution in [-0.2, 0) is 0 Å². The van der Waals surface area contributed by atoms with Crippen LogP contribution in [0.5, 0.6) is 5.88 Å². The van der Waals surface area contributed by atoms with E-state index in [2.05, 4.69) is 4.98 Å². The third-order valence-electron chi connectivity index (χ3n) is 2.48. The summed E-state index contributed by atoms with van der Waals surface area (Å²) in [5.74, 6) is -1.59. The van der Waals surface area contributed by atoms with Gasteiger partial charge in [0.25, 0.3) is 0 Å². The van der Waals surface area contributed by atoms with Gasteiger partial charge in [-0.2, -0.15) is 0 Å². The smallest absolute Gasteiger partial charge is 0.338 e. The van der Waals surface area contributed by atoms with Crippen molar-refractivity contribution in [3.05, 3.63) is 47.9 Å². The van der Waals surface area contributed by atoms with Crippen molar-refractivity contribution >= 4 is 5.97 Å². The highest BCUT2D eigenvalue weighted by atomic mass is 19.1. The van der Waals surface area contributed by atoms with Gasteiger partial charge in [0.15, 0.2) is 0 Å². The van der Waals surface area contributed by atoms with Crippen molar-refractivity contribution in [1.29, 1.82) is 0 Å². The number of aromatic carboxylic acids is 1. The second kappa shape index (κ2) is 4.83. The minimum absolute atomic E-state index is 0.358. The van der Waals surface area contributed by atoms with Crippen molar-refractivity contribution in [3.63, 3.8) is 0 Å². The molecule has 0 fully saturated rings. The average molecular weight is 247 g/mol. The molecule has 0 aliphatic heterocycles. The first-order valence-electron chi connectivity index (χ1n) is 5.15. The van der Waals surface area contributed by atoms with Gasteiger partial charge in [0, 0.05) is 17.8 Å². The number of carbonyl (C=O) groups is 1. The standard InChI is InChI=1S/C13H10FNO3/c1-18-12-5-3-9(7-15-12)8-2-4-11(14)10(6-8)13(16)17/h2-7H,1H3,(H,16,17). The van der Waals surface area contributed by atoms with Crippen molar-refractivity contribution < 1.29 is 19.0 Å². The van der Waals surface area contributed by atoms with Gasteiger partial charge in [-0.15, -0.1) is 0 Å². The van der Waals surface area contributed by atoms with Gasteiger partial charge in [-0.05, 0) is 23.8 Å². The summed E-state index contributed by atoms with van der Waals surface area (Å²) in [5, 5.41) is 8.84. The first-order valence-corrected chi connectivity index (χ1v) is 5.15. The Morgan fingerprint density at radius 1 is 1.28 bits per heavy atom. The number of hydrogen-bond donors (Lipinski definition) is 1. The molecule has 5 heteroatoms. The summed E-state index contributed by atoms with van der Waals surface area (Å²) < 4.78 is 18.2. The second-order valence-electron chi connectivity index (χ2n) is 3.59. The third kappa shape index (κ3) is 2.29. The molecule has 2 aromatic rings. The Bertz CT molecular complexity index is 581. The zero-order valence-corrected chi connectivity index (χ0v) is 9.55. The maximum Gasteiger partial charge on any atom is 0.338 e. The predicted octanol–water partition coefficient (Wildman–Crippen LogP) is 2.59. The van der Waals surface area contributed by atoms with E-state index in [-0.39, 0.29) is 5.56 Å². The first kappa shape index (κ1) is 12.0. The summed E-state index contributed by atoms with van der Waals surface area (Å²) >= 11 is 0. The Balaban J connectivity index is 2.44. The molecule has 1 aromatic heterocycles.